The lowest BCUT2D eigenvalue weighted by Gasteiger charge is -2.33. The number of hydrogen-bond donors (Lipinski definition) is 4. The summed E-state index contributed by atoms with van der Waals surface area (Å²) in [7, 11) is 0. The Morgan fingerprint density at radius 1 is 1.08 bits per heavy atom. The molecule has 8 nitrogen and oxygen atoms in total. The molecule has 0 saturated carbocycles. The van der Waals surface area contributed by atoms with Gasteiger partial charge in [-0.15, -0.1) is 0 Å². The van der Waals surface area contributed by atoms with Crippen LogP contribution in [0.3, 0.4) is 0 Å². The van der Waals surface area contributed by atoms with E-state index in [4.69, 9.17) is 15.8 Å². The summed E-state index contributed by atoms with van der Waals surface area (Å²) in [5, 5.41) is 35.5. The molecular formula is C18H26O8. The molecule has 26 heavy (non-hydrogen) atoms. The highest BCUT2D eigenvalue weighted by Crippen LogP contribution is 2.29. The quantitative estimate of drug-likeness (QED) is 0.200. The maximum absolute atomic E-state index is 9.82. The monoisotopic (exact) mass is 370 g/mol. The smallest absolute Gasteiger partial charge is 0.338 e. The summed E-state index contributed by atoms with van der Waals surface area (Å²) in [4.78, 5) is 11.1. The summed E-state index contributed by atoms with van der Waals surface area (Å²) in [6.07, 6.45) is 4.18. The molecule has 0 aliphatic carbocycles. The molecule has 0 spiro atoms. The Bertz CT molecular complexity index is 541. The molecule has 0 radical (unpaired) electrons. The molecule has 1 aromatic carbocycles. The Morgan fingerprint density at radius 2 is 1.65 bits per heavy atom. The molecule has 146 valence electrons. The third-order valence-corrected chi connectivity index (χ3v) is 3.22. The number of benzene rings is 1. The standard InChI is InChI=1S/C10H18O8.C8H8/c1-4-6-7-8(3)10(11,18-14)15-9(5-2,16-12)17-13;1-2-8-6-4-3-5-7-8/h5,11-14H,2-4,6-7H2,1H3;2-7H,1H2. The number of aliphatic hydroxyl groups is 1. The predicted molar refractivity (Wildman–Crippen MR) is 95.3 cm³/mol. The second kappa shape index (κ2) is 12.5. The van der Waals surface area contributed by atoms with Gasteiger partial charge >= 0.3 is 11.9 Å². The molecule has 0 heterocycles. The van der Waals surface area contributed by atoms with E-state index in [2.05, 4.69) is 39.1 Å². The van der Waals surface area contributed by atoms with E-state index in [-0.39, 0.29) is 12.0 Å². The van der Waals surface area contributed by atoms with E-state index in [0.717, 1.165) is 6.42 Å². The summed E-state index contributed by atoms with van der Waals surface area (Å²) in [6, 6.07) is 10.0. The van der Waals surface area contributed by atoms with Crippen molar-refractivity contribution in [3.63, 3.8) is 0 Å². The van der Waals surface area contributed by atoms with Gasteiger partial charge in [-0.2, -0.15) is 14.7 Å². The fraction of sp³-hybridized carbons (Fsp3) is 0.333. The van der Waals surface area contributed by atoms with Crippen molar-refractivity contribution in [2.45, 2.75) is 38.1 Å². The first kappa shape index (κ1) is 24.1. The van der Waals surface area contributed by atoms with Gasteiger partial charge in [0.25, 0.3) is 0 Å². The van der Waals surface area contributed by atoms with Gasteiger partial charge in [0.2, 0.25) is 0 Å². The first-order chi connectivity index (χ1) is 12.4. The first-order valence-electron chi connectivity index (χ1n) is 7.76. The maximum atomic E-state index is 9.82. The van der Waals surface area contributed by atoms with Crippen LogP contribution < -0.4 is 0 Å². The highest BCUT2D eigenvalue weighted by Gasteiger charge is 2.46. The number of hydrogen-bond acceptors (Lipinski definition) is 8. The lowest BCUT2D eigenvalue weighted by atomic mass is 10.1. The Balaban J connectivity index is 0.000000642. The van der Waals surface area contributed by atoms with Crippen molar-refractivity contribution in [3.05, 3.63) is 67.3 Å². The summed E-state index contributed by atoms with van der Waals surface area (Å²) >= 11 is 0. The zero-order valence-electron chi connectivity index (χ0n) is 14.7. The highest BCUT2D eigenvalue weighted by molar-refractivity contribution is 5.45. The molecular weight excluding hydrogens is 344 g/mol. The van der Waals surface area contributed by atoms with Crippen LogP contribution >= 0.6 is 0 Å². The minimum absolute atomic E-state index is 0.0767. The van der Waals surface area contributed by atoms with Crippen LogP contribution in [-0.2, 0) is 19.4 Å². The van der Waals surface area contributed by atoms with Gasteiger partial charge in [0.05, 0.1) is 0 Å². The minimum Gasteiger partial charge on any atom is -0.338 e. The molecule has 4 N–H and O–H groups in total. The third-order valence-electron chi connectivity index (χ3n) is 3.22. The summed E-state index contributed by atoms with van der Waals surface area (Å²) in [6.45, 7) is 12.1. The molecule has 1 rings (SSSR count). The van der Waals surface area contributed by atoms with E-state index in [1.165, 1.54) is 5.56 Å². The van der Waals surface area contributed by atoms with Crippen molar-refractivity contribution in [1.29, 1.82) is 0 Å². The van der Waals surface area contributed by atoms with Crippen LogP contribution in [0.5, 0.6) is 0 Å². The third kappa shape index (κ3) is 7.56. The Kier molecular flexibility index (Phi) is 11.6. The van der Waals surface area contributed by atoms with Gasteiger partial charge in [0, 0.05) is 11.6 Å². The van der Waals surface area contributed by atoms with E-state index in [9.17, 15) is 5.11 Å². The second-order valence-electron chi connectivity index (χ2n) is 5.09. The van der Waals surface area contributed by atoms with E-state index >= 15 is 0 Å². The van der Waals surface area contributed by atoms with Crippen molar-refractivity contribution in [2.75, 3.05) is 0 Å². The Morgan fingerprint density at radius 3 is 2.00 bits per heavy atom. The first-order valence-corrected chi connectivity index (χ1v) is 7.76. The van der Waals surface area contributed by atoms with Crippen LogP contribution in [0, 0.1) is 0 Å². The maximum Gasteiger partial charge on any atom is 0.363 e. The summed E-state index contributed by atoms with van der Waals surface area (Å²) in [5.74, 6) is -5.37. The van der Waals surface area contributed by atoms with Gasteiger partial charge in [-0.25, -0.2) is 15.8 Å². The summed E-state index contributed by atoms with van der Waals surface area (Å²) < 4.78 is 4.60. The average Bonchev–Trinajstić information content (AvgIpc) is 2.71. The molecule has 0 bridgehead atoms. The number of rotatable bonds is 11. The van der Waals surface area contributed by atoms with Crippen LogP contribution in [0.1, 0.15) is 31.7 Å². The molecule has 0 amide bonds. The van der Waals surface area contributed by atoms with Crippen LogP contribution in [0.15, 0.2) is 61.7 Å². The van der Waals surface area contributed by atoms with Gasteiger partial charge in [0.15, 0.2) is 0 Å². The Hall–Kier alpha value is -1.88. The molecule has 1 aromatic rings. The number of unbranched alkanes of at least 4 members (excludes halogenated alkanes) is 1. The minimum atomic E-state index is -2.74. The van der Waals surface area contributed by atoms with Crippen LogP contribution in [0.25, 0.3) is 6.08 Å². The fourth-order valence-electron chi connectivity index (χ4n) is 1.66. The lowest BCUT2D eigenvalue weighted by Crippen LogP contribution is -2.48. The van der Waals surface area contributed by atoms with Crippen LogP contribution in [0.4, 0.5) is 0 Å². The normalized spacial score (nSPS) is 13.1. The second-order valence-corrected chi connectivity index (χ2v) is 5.09. The zero-order valence-corrected chi connectivity index (χ0v) is 14.7. The molecule has 0 saturated heterocycles. The van der Waals surface area contributed by atoms with Gasteiger partial charge in [-0.3, -0.25) is 4.74 Å². The van der Waals surface area contributed by atoms with Gasteiger partial charge in [0.1, 0.15) is 0 Å². The average molecular weight is 370 g/mol. The van der Waals surface area contributed by atoms with Crippen molar-refractivity contribution in [3.8, 4) is 0 Å². The molecule has 1 unspecified atom stereocenters. The van der Waals surface area contributed by atoms with E-state index in [0.29, 0.717) is 12.5 Å². The highest BCUT2D eigenvalue weighted by atomic mass is 17.3. The van der Waals surface area contributed by atoms with Crippen LogP contribution in [0.2, 0.25) is 0 Å². The van der Waals surface area contributed by atoms with Crippen molar-refractivity contribution < 1.29 is 40.3 Å². The van der Waals surface area contributed by atoms with Crippen LogP contribution in [-0.4, -0.2) is 32.8 Å². The molecule has 0 aliphatic heterocycles. The van der Waals surface area contributed by atoms with Gasteiger partial charge in [-0.05, 0) is 18.4 Å². The van der Waals surface area contributed by atoms with E-state index < -0.39 is 11.9 Å². The molecule has 8 heteroatoms. The summed E-state index contributed by atoms with van der Waals surface area (Å²) in [5.41, 5.74) is 1.10. The fourth-order valence-corrected chi connectivity index (χ4v) is 1.66. The number of ether oxygens (including phenoxy) is 1. The molecule has 0 aromatic heterocycles. The van der Waals surface area contributed by atoms with E-state index in [1.807, 2.05) is 43.3 Å². The zero-order chi connectivity index (χ0) is 20.1. The van der Waals surface area contributed by atoms with Gasteiger partial charge < -0.3 is 5.11 Å². The molecule has 0 aliphatic rings. The largest absolute Gasteiger partial charge is 0.363 e. The topological polar surface area (TPSA) is 118 Å². The SMILES string of the molecule is C=CC(OO)(OO)OC(O)(OO)C(=C)CCCC.C=Cc1ccccc1. The van der Waals surface area contributed by atoms with Crippen molar-refractivity contribution >= 4 is 6.08 Å². The van der Waals surface area contributed by atoms with E-state index in [1.54, 1.807) is 0 Å². The Labute approximate surface area is 152 Å². The van der Waals surface area contributed by atoms with Crippen molar-refractivity contribution in [2.24, 2.45) is 0 Å². The molecule has 1 atom stereocenters. The lowest BCUT2D eigenvalue weighted by molar-refractivity contribution is -0.602. The van der Waals surface area contributed by atoms with Gasteiger partial charge in [-0.1, -0.05) is 69.5 Å². The van der Waals surface area contributed by atoms with Crippen molar-refractivity contribution in [1.82, 2.24) is 0 Å². The predicted octanol–water partition coefficient (Wildman–Crippen LogP) is 4.03. The molecule has 0 fully saturated rings.